The monoisotopic (exact) mass is 352 g/mol. The molecule has 0 amide bonds. The molecule has 102 valence electrons. The predicted octanol–water partition coefficient (Wildman–Crippen LogP) is 2.45. The number of nitrogen functional groups attached to an aromatic ring is 1. The average molecular weight is 353 g/mol. The van der Waals surface area contributed by atoms with Gasteiger partial charge in [0.2, 0.25) is 10.0 Å². The number of hydrogen-bond acceptors (Lipinski definition) is 4. The highest BCUT2D eigenvalue weighted by Gasteiger charge is 2.16. The maximum Gasteiger partial charge on any atom is 0.242 e. The molecule has 0 unspecified atom stereocenters. The second-order valence-corrected chi connectivity index (χ2v) is 7.42. The van der Waals surface area contributed by atoms with Gasteiger partial charge in [0.15, 0.2) is 0 Å². The van der Waals surface area contributed by atoms with Crippen LogP contribution in [0.4, 0.5) is 5.69 Å². The number of halogens is 1. The molecule has 0 fully saturated rings. The van der Waals surface area contributed by atoms with Crippen LogP contribution in [0.2, 0.25) is 0 Å². The zero-order valence-electron chi connectivity index (χ0n) is 10.1. The fourth-order valence-electron chi connectivity index (χ4n) is 1.40. The molecule has 4 nitrogen and oxygen atoms in total. The lowest BCUT2D eigenvalue weighted by molar-refractivity contribution is 0.579. The Morgan fingerprint density at radius 3 is 2.78 bits per heavy atom. The van der Waals surface area contributed by atoms with Crippen molar-refractivity contribution in [3.05, 3.63) is 22.7 Å². The van der Waals surface area contributed by atoms with E-state index in [2.05, 4.69) is 20.7 Å². The largest absolute Gasteiger partial charge is 0.398 e. The van der Waals surface area contributed by atoms with E-state index < -0.39 is 10.0 Å². The molecule has 1 aromatic rings. The highest BCUT2D eigenvalue weighted by molar-refractivity contribution is 9.10. The van der Waals surface area contributed by atoms with Gasteiger partial charge in [0.1, 0.15) is 4.90 Å². The quantitative estimate of drug-likeness (QED) is 0.583. The maximum absolute atomic E-state index is 12.0. The maximum atomic E-state index is 12.0. The SMILES string of the molecule is CSCCCCNS(=O)(=O)c1cc(Br)ccc1N. The molecule has 7 heteroatoms. The van der Waals surface area contributed by atoms with E-state index in [1.54, 1.807) is 23.9 Å². The first-order valence-electron chi connectivity index (χ1n) is 5.51. The number of thioether (sulfide) groups is 1. The first-order chi connectivity index (χ1) is 8.47. The van der Waals surface area contributed by atoms with E-state index in [4.69, 9.17) is 5.73 Å². The molecule has 0 atom stereocenters. The molecule has 1 aromatic carbocycles. The van der Waals surface area contributed by atoms with Crippen molar-refractivity contribution < 1.29 is 8.42 Å². The summed E-state index contributed by atoms with van der Waals surface area (Å²) < 4.78 is 27.3. The first kappa shape index (κ1) is 15.8. The van der Waals surface area contributed by atoms with Crippen LogP contribution in [0.15, 0.2) is 27.6 Å². The van der Waals surface area contributed by atoms with Gasteiger partial charge < -0.3 is 5.73 Å². The number of hydrogen-bond donors (Lipinski definition) is 2. The number of benzene rings is 1. The van der Waals surface area contributed by atoms with Crippen LogP contribution in [-0.4, -0.2) is 27.0 Å². The summed E-state index contributed by atoms with van der Waals surface area (Å²) in [5, 5.41) is 0. The van der Waals surface area contributed by atoms with E-state index in [1.807, 2.05) is 6.26 Å². The minimum atomic E-state index is -3.51. The zero-order valence-corrected chi connectivity index (χ0v) is 13.4. The van der Waals surface area contributed by atoms with Gasteiger partial charge in [0, 0.05) is 11.0 Å². The van der Waals surface area contributed by atoms with Crippen LogP contribution in [0.3, 0.4) is 0 Å². The van der Waals surface area contributed by atoms with E-state index >= 15 is 0 Å². The first-order valence-corrected chi connectivity index (χ1v) is 9.18. The van der Waals surface area contributed by atoms with Crippen molar-refractivity contribution in [3.8, 4) is 0 Å². The lowest BCUT2D eigenvalue weighted by Gasteiger charge is -2.09. The average Bonchev–Trinajstić information content (AvgIpc) is 2.32. The molecule has 0 radical (unpaired) electrons. The third-order valence-corrected chi connectivity index (χ3v) is 5.04. The fraction of sp³-hybridized carbons (Fsp3) is 0.455. The molecular weight excluding hydrogens is 336 g/mol. The summed E-state index contributed by atoms with van der Waals surface area (Å²) in [6.07, 6.45) is 3.86. The summed E-state index contributed by atoms with van der Waals surface area (Å²) in [6, 6.07) is 4.80. The summed E-state index contributed by atoms with van der Waals surface area (Å²) >= 11 is 5.00. The smallest absolute Gasteiger partial charge is 0.242 e. The van der Waals surface area contributed by atoms with Crippen LogP contribution >= 0.6 is 27.7 Å². The second-order valence-electron chi connectivity index (χ2n) is 3.78. The van der Waals surface area contributed by atoms with Crippen molar-refractivity contribution in [2.45, 2.75) is 17.7 Å². The van der Waals surface area contributed by atoms with Crippen molar-refractivity contribution >= 4 is 43.4 Å². The Bertz CT molecular complexity index is 492. The normalized spacial score (nSPS) is 11.7. The minimum absolute atomic E-state index is 0.127. The van der Waals surface area contributed by atoms with Crippen LogP contribution < -0.4 is 10.5 Å². The number of rotatable bonds is 7. The lowest BCUT2D eigenvalue weighted by atomic mass is 10.3. The molecular formula is C11H17BrN2O2S2. The molecule has 0 spiro atoms. The van der Waals surface area contributed by atoms with Crippen molar-refractivity contribution in [2.24, 2.45) is 0 Å². The van der Waals surface area contributed by atoms with Gasteiger partial charge in [-0.15, -0.1) is 0 Å². The third kappa shape index (κ3) is 4.79. The summed E-state index contributed by atoms with van der Waals surface area (Å²) in [5.41, 5.74) is 5.94. The van der Waals surface area contributed by atoms with Crippen molar-refractivity contribution in [1.82, 2.24) is 4.72 Å². The van der Waals surface area contributed by atoms with E-state index in [1.165, 1.54) is 6.07 Å². The summed E-state index contributed by atoms with van der Waals surface area (Å²) in [4.78, 5) is 0.127. The van der Waals surface area contributed by atoms with Crippen LogP contribution in [0.25, 0.3) is 0 Å². The van der Waals surface area contributed by atoms with E-state index in [0.29, 0.717) is 11.0 Å². The van der Waals surface area contributed by atoms with Crippen LogP contribution in [0.5, 0.6) is 0 Å². The van der Waals surface area contributed by atoms with E-state index in [-0.39, 0.29) is 10.6 Å². The van der Waals surface area contributed by atoms with Gasteiger partial charge in [-0.1, -0.05) is 15.9 Å². The van der Waals surface area contributed by atoms with Crippen LogP contribution in [0, 0.1) is 0 Å². The van der Waals surface area contributed by atoms with Gasteiger partial charge in [0.05, 0.1) is 5.69 Å². The number of nitrogens with one attached hydrogen (secondary N) is 1. The Morgan fingerprint density at radius 1 is 1.39 bits per heavy atom. The van der Waals surface area contributed by atoms with Crippen LogP contribution in [0.1, 0.15) is 12.8 Å². The standard InChI is InChI=1S/C11H17BrN2O2S2/c1-17-7-3-2-6-14-18(15,16)11-8-9(12)4-5-10(11)13/h4-5,8,14H,2-3,6-7,13H2,1H3. The van der Waals surface area contributed by atoms with Crippen LogP contribution in [-0.2, 0) is 10.0 Å². The number of sulfonamides is 1. The molecule has 0 aliphatic rings. The molecule has 0 saturated heterocycles. The van der Waals surface area contributed by atoms with Gasteiger partial charge >= 0.3 is 0 Å². The zero-order chi connectivity index (χ0) is 13.6. The molecule has 0 aliphatic heterocycles. The predicted molar refractivity (Wildman–Crippen MR) is 81.4 cm³/mol. The highest BCUT2D eigenvalue weighted by atomic mass is 79.9. The van der Waals surface area contributed by atoms with Gasteiger partial charge in [-0.25, -0.2) is 13.1 Å². The molecule has 0 bridgehead atoms. The Balaban J connectivity index is 2.66. The summed E-state index contributed by atoms with van der Waals surface area (Å²) in [6.45, 7) is 0.439. The van der Waals surface area contributed by atoms with E-state index in [0.717, 1.165) is 18.6 Å². The Hall–Kier alpha value is -0.240. The number of nitrogens with two attached hydrogens (primary N) is 1. The Kier molecular flexibility index (Phi) is 6.48. The molecule has 0 aromatic heterocycles. The summed E-state index contributed by atoms with van der Waals surface area (Å²) in [5.74, 6) is 1.04. The number of anilines is 1. The number of unbranched alkanes of at least 4 members (excludes halogenated alkanes) is 1. The second kappa shape index (κ2) is 7.37. The highest BCUT2D eigenvalue weighted by Crippen LogP contribution is 2.22. The molecule has 0 saturated carbocycles. The fourth-order valence-corrected chi connectivity index (χ4v) is 3.63. The van der Waals surface area contributed by atoms with E-state index in [9.17, 15) is 8.42 Å². The Labute approximate surface area is 121 Å². The van der Waals surface area contributed by atoms with Crippen molar-refractivity contribution in [1.29, 1.82) is 0 Å². The third-order valence-electron chi connectivity index (χ3n) is 2.33. The van der Waals surface area contributed by atoms with Gasteiger partial charge in [-0.2, -0.15) is 11.8 Å². The lowest BCUT2D eigenvalue weighted by Crippen LogP contribution is -2.25. The van der Waals surface area contributed by atoms with Gasteiger partial charge in [-0.05, 0) is 43.0 Å². The minimum Gasteiger partial charge on any atom is -0.398 e. The van der Waals surface area contributed by atoms with Gasteiger partial charge in [-0.3, -0.25) is 0 Å². The van der Waals surface area contributed by atoms with Gasteiger partial charge in [0.25, 0.3) is 0 Å². The molecule has 0 heterocycles. The Morgan fingerprint density at radius 2 is 2.11 bits per heavy atom. The molecule has 3 N–H and O–H groups in total. The molecule has 0 aliphatic carbocycles. The molecule has 1 rings (SSSR count). The van der Waals surface area contributed by atoms with Crippen molar-refractivity contribution in [3.63, 3.8) is 0 Å². The summed E-state index contributed by atoms with van der Waals surface area (Å²) in [7, 11) is -3.51. The molecule has 18 heavy (non-hydrogen) atoms. The topological polar surface area (TPSA) is 72.2 Å². The van der Waals surface area contributed by atoms with Crippen molar-refractivity contribution in [2.75, 3.05) is 24.3 Å².